The van der Waals surface area contributed by atoms with Crippen LogP contribution in [-0.4, -0.2) is 41.5 Å². The summed E-state index contributed by atoms with van der Waals surface area (Å²) in [6.07, 6.45) is 11.7. The summed E-state index contributed by atoms with van der Waals surface area (Å²) >= 11 is 0. The first kappa shape index (κ1) is 22.4. The summed E-state index contributed by atoms with van der Waals surface area (Å²) < 4.78 is 11.1. The van der Waals surface area contributed by atoms with Crippen LogP contribution < -0.4 is 0 Å². The molecule has 1 amide bonds. The molecule has 1 fully saturated rings. The summed E-state index contributed by atoms with van der Waals surface area (Å²) in [4.78, 5) is 32.8. The second-order valence-corrected chi connectivity index (χ2v) is 9.24. The first-order chi connectivity index (χ1) is 16.6. The topological polar surface area (TPSA) is 72.6 Å². The molecule has 2 aromatic heterocycles. The van der Waals surface area contributed by atoms with Crippen LogP contribution in [0.5, 0.6) is 0 Å². The Hall–Kier alpha value is -3.41. The number of esters is 1. The van der Waals surface area contributed by atoms with Crippen molar-refractivity contribution >= 4 is 34.4 Å². The summed E-state index contributed by atoms with van der Waals surface area (Å²) in [5.41, 5.74) is 4.02. The van der Waals surface area contributed by atoms with Crippen molar-refractivity contribution in [2.45, 2.75) is 57.4 Å². The Balaban J connectivity index is 1.44. The number of aromatic nitrogens is 1. The molecule has 34 heavy (non-hydrogen) atoms. The van der Waals surface area contributed by atoms with Crippen molar-refractivity contribution in [2.75, 3.05) is 13.7 Å². The van der Waals surface area contributed by atoms with Crippen LogP contribution in [-0.2, 0) is 16.0 Å². The second kappa shape index (κ2) is 9.84. The lowest BCUT2D eigenvalue weighted by Crippen LogP contribution is -2.40. The summed E-state index contributed by atoms with van der Waals surface area (Å²) in [6.45, 7) is -0.244. The molecule has 2 aliphatic rings. The van der Waals surface area contributed by atoms with E-state index in [1.54, 1.807) is 11.2 Å². The van der Waals surface area contributed by atoms with E-state index >= 15 is 0 Å². The fourth-order valence-corrected chi connectivity index (χ4v) is 5.23. The number of hydrogen-bond donors (Lipinski definition) is 0. The number of rotatable bonds is 5. The highest BCUT2D eigenvalue weighted by atomic mass is 16.5. The molecule has 0 bridgehead atoms. The third-order valence-electron chi connectivity index (χ3n) is 7.08. The van der Waals surface area contributed by atoms with Crippen LogP contribution in [0, 0.1) is 0 Å². The molecule has 0 unspecified atom stereocenters. The number of nitrogens with zero attached hydrogens (tertiary/aromatic N) is 2. The van der Waals surface area contributed by atoms with Gasteiger partial charge >= 0.3 is 5.97 Å². The molecule has 0 saturated heterocycles. The molecule has 176 valence electrons. The van der Waals surface area contributed by atoms with E-state index in [2.05, 4.69) is 0 Å². The SMILES string of the molecule is CN(C(=O)COC(=O)c1c2c(nc3ccccc13)/C(=C\c1ccco1)CCC2)C1CCCCC1. The van der Waals surface area contributed by atoms with E-state index in [0.29, 0.717) is 5.56 Å². The van der Waals surface area contributed by atoms with Crippen molar-refractivity contribution in [2.24, 2.45) is 0 Å². The summed E-state index contributed by atoms with van der Waals surface area (Å²) in [7, 11) is 1.82. The van der Waals surface area contributed by atoms with E-state index < -0.39 is 5.97 Å². The van der Waals surface area contributed by atoms with Crippen molar-refractivity contribution in [1.82, 2.24) is 9.88 Å². The van der Waals surface area contributed by atoms with Crippen LogP contribution in [0.25, 0.3) is 22.6 Å². The molecule has 3 aromatic rings. The lowest BCUT2D eigenvalue weighted by Gasteiger charge is -2.31. The summed E-state index contributed by atoms with van der Waals surface area (Å²) in [6, 6.07) is 11.6. The Morgan fingerprint density at radius 3 is 2.71 bits per heavy atom. The zero-order valence-corrected chi connectivity index (χ0v) is 19.6. The van der Waals surface area contributed by atoms with Gasteiger partial charge in [-0.1, -0.05) is 37.5 Å². The number of fused-ring (bicyclic) bond motifs is 2. The number of carbonyl (C=O) groups is 2. The van der Waals surface area contributed by atoms with Crippen molar-refractivity contribution < 1.29 is 18.7 Å². The average Bonchev–Trinajstić information content (AvgIpc) is 3.39. The van der Waals surface area contributed by atoms with Gasteiger partial charge in [0.25, 0.3) is 5.91 Å². The Kier molecular flexibility index (Phi) is 6.48. The van der Waals surface area contributed by atoms with E-state index in [1.807, 2.05) is 49.5 Å². The third-order valence-corrected chi connectivity index (χ3v) is 7.08. The van der Waals surface area contributed by atoms with Gasteiger partial charge in [0, 0.05) is 18.5 Å². The van der Waals surface area contributed by atoms with E-state index in [1.165, 1.54) is 6.42 Å². The largest absolute Gasteiger partial charge is 0.465 e. The Labute approximate surface area is 199 Å². The van der Waals surface area contributed by atoms with Gasteiger partial charge in [0.05, 0.1) is 23.0 Å². The number of hydrogen-bond acceptors (Lipinski definition) is 5. The first-order valence-electron chi connectivity index (χ1n) is 12.2. The quantitative estimate of drug-likeness (QED) is 0.462. The van der Waals surface area contributed by atoms with Gasteiger partial charge in [-0.3, -0.25) is 4.79 Å². The lowest BCUT2D eigenvalue weighted by atomic mass is 9.86. The van der Waals surface area contributed by atoms with Gasteiger partial charge in [-0.05, 0) is 67.5 Å². The molecule has 1 aromatic carbocycles. The molecule has 6 heteroatoms. The number of allylic oxidation sites excluding steroid dienone is 1. The van der Waals surface area contributed by atoms with Gasteiger partial charge in [-0.25, -0.2) is 9.78 Å². The molecule has 0 radical (unpaired) electrons. The molecule has 6 nitrogen and oxygen atoms in total. The second-order valence-electron chi connectivity index (χ2n) is 9.24. The van der Waals surface area contributed by atoms with Gasteiger partial charge in [0.2, 0.25) is 0 Å². The van der Waals surface area contributed by atoms with E-state index in [-0.39, 0.29) is 18.6 Å². The number of ether oxygens (including phenoxy) is 1. The van der Waals surface area contributed by atoms with Crippen molar-refractivity contribution in [3.8, 4) is 0 Å². The fourth-order valence-electron chi connectivity index (χ4n) is 5.23. The van der Waals surface area contributed by atoms with Crippen LogP contribution in [0.4, 0.5) is 0 Å². The van der Waals surface area contributed by atoms with Gasteiger partial charge < -0.3 is 14.1 Å². The Bertz CT molecular complexity index is 1220. The number of likely N-dealkylation sites (N-methyl/N-ethyl adjacent to an activating group) is 1. The predicted octanol–water partition coefficient (Wildman–Crippen LogP) is 5.65. The molecule has 0 atom stereocenters. The number of carbonyl (C=O) groups excluding carboxylic acids is 2. The maximum absolute atomic E-state index is 13.4. The average molecular weight is 459 g/mol. The van der Waals surface area contributed by atoms with Gasteiger partial charge in [0.15, 0.2) is 6.61 Å². The number of benzene rings is 1. The zero-order valence-electron chi connectivity index (χ0n) is 19.6. The molecule has 2 aliphatic carbocycles. The van der Waals surface area contributed by atoms with E-state index in [9.17, 15) is 9.59 Å². The molecular formula is C28H30N2O4. The van der Waals surface area contributed by atoms with Gasteiger partial charge in [-0.2, -0.15) is 0 Å². The summed E-state index contributed by atoms with van der Waals surface area (Å²) in [5, 5.41) is 0.763. The maximum Gasteiger partial charge on any atom is 0.339 e. The van der Waals surface area contributed by atoms with Gasteiger partial charge in [-0.15, -0.1) is 0 Å². The highest BCUT2D eigenvalue weighted by Gasteiger charge is 2.28. The normalized spacial score (nSPS) is 17.5. The maximum atomic E-state index is 13.4. The van der Waals surface area contributed by atoms with Crippen LogP contribution in [0.3, 0.4) is 0 Å². The van der Waals surface area contributed by atoms with Crippen LogP contribution in [0.2, 0.25) is 0 Å². The van der Waals surface area contributed by atoms with Crippen LogP contribution in [0.1, 0.15) is 72.3 Å². The molecule has 0 aliphatic heterocycles. The molecule has 2 heterocycles. The molecule has 0 spiro atoms. The van der Waals surface area contributed by atoms with Crippen molar-refractivity contribution in [3.05, 3.63) is 65.2 Å². The number of furan rings is 1. The highest BCUT2D eigenvalue weighted by molar-refractivity contribution is 6.07. The van der Waals surface area contributed by atoms with Crippen LogP contribution >= 0.6 is 0 Å². The van der Waals surface area contributed by atoms with Crippen molar-refractivity contribution in [1.29, 1.82) is 0 Å². The zero-order chi connectivity index (χ0) is 23.5. The number of para-hydroxylation sites is 1. The number of amides is 1. The minimum atomic E-state index is -0.459. The number of pyridine rings is 1. The molecule has 1 saturated carbocycles. The van der Waals surface area contributed by atoms with E-state index in [4.69, 9.17) is 14.1 Å². The molecule has 5 rings (SSSR count). The van der Waals surface area contributed by atoms with Gasteiger partial charge in [0.1, 0.15) is 5.76 Å². The predicted molar refractivity (Wildman–Crippen MR) is 131 cm³/mol. The Morgan fingerprint density at radius 2 is 1.91 bits per heavy atom. The van der Waals surface area contributed by atoms with E-state index in [0.717, 1.165) is 78.4 Å². The summed E-state index contributed by atoms with van der Waals surface area (Å²) in [5.74, 6) is 0.156. The van der Waals surface area contributed by atoms with Crippen LogP contribution in [0.15, 0.2) is 47.1 Å². The molecular weight excluding hydrogens is 428 g/mol. The smallest absolute Gasteiger partial charge is 0.339 e. The third kappa shape index (κ3) is 4.49. The minimum absolute atomic E-state index is 0.147. The monoisotopic (exact) mass is 458 g/mol. The minimum Gasteiger partial charge on any atom is -0.465 e. The fraction of sp³-hybridized carbons (Fsp3) is 0.393. The lowest BCUT2D eigenvalue weighted by molar-refractivity contribution is -0.135. The standard InChI is InChI=1S/C28H30N2O4/c1-30(20-10-3-2-4-11-20)25(31)18-34-28(32)26-22-13-5-6-15-24(22)29-27-19(9-7-14-23(26)27)17-21-12-8-16-33-21/h5-6,8,12-13,15-17,20H,2-4,7,9-11,14,18H2,1H3/b19-17-. The first-order valence-corrected chi connectivity index (χ1v) is 12.2. The Morgan fingerprint density at radius 1 is 1.09 bits per heavy atom. The van der Waals surface area contributed by atoms with Crippen molar-refractivity contribution in [3.63, 3.8) is 0 Å². The molecule has 0 N–H and O–H groups in total. The highest BCUT2D eigenvalue weighted by Crippen LogP contribution is 2.36.